The maximum atomic E-state index is 10.4. The first kappa shape index (κ1) is 12.0. The number of nitrogens with one attached hydrogen (secondary N) is 1. The zero-order chi connectivity index (χ0) is 12.5. The van der Waals surface area contributed by atoms with Crippen LogP contribution in [0.25, 0.3) is 11.0 Å². The zero-order valence-electron chi connectivity index (χ0n) is 10.0. The van der Waals surface area contributed by atoms with Gasteiger partial charge in [0.15, 0.2) is 5.58 Å². The summed E-state index contributed by atoms with van der Waals surface area (Å²) < 4.78 is 5.71. The average Bonchev–Trinajstić information content (AvgIpc) is 2.84. The number of aliphatic hydroxyl groups excluding tert-OH is 1. The summed E-state index contributed by atoms with van der Waals surface area (Å²) in [5.41, 5.74) is 0.669. The number of hydrogen-bond acceptors (Lipinski definition) is 3. The van der Waals surface area contributed by atoms with Crippen LogP contribution in [0.15, 0.2) is 28.7 Å². The van der Waals surface area contributed by atoms with Gasteiger partial charge in [0.05, 0.1) is 5.02 Å². The lowest BCUT2D eigenvalue weighted by molar-refractivity contribution is 0.0705. The molecule has 0 saturated carbocycles. The van der Waals surface area contributed by atoms with Crippen LogP contribution in [0, 0.1) is 5.92 Å². The Kier molecular flexibility index (Phi) is 3.29. The fourth-order valence-electron chi connectivity index (χ4n) is 2.59. The van der Waals surface area contributed by atoms with Crippen molar-refractivity contribution in [2.45, 2.75) is 18.9 Å². The molecule has 1 atom stereocenters. The van der Waals surface area contributed by atoms with Gasteiger partial charge in [-0.1, -0.05) is 23.7 Å². The first-order valence-electron chi connectivity index (χ1n) is 6.32. The van der Waals surface area contributed by atoms with Gasteiger partial charge >= 0.3 is 0 Å². The molecule has 2 N–H and O–H groups in total. The summed E-state index contributed by atoms with van der Waals surface area (Å²) in [5.74, 6) is 0.899. The van der Waals surface area contributed by atoms with Crippen LogP contribution in [0.5, 0.6) is 0 Å². The van der Waals surface area contributed by atoms with E-state index in [9.17, 15) is 5.11 Å². The normalized spacial score (nSPS) is 19.2. The molecule has 1 aliphatic rings. The van der Waals surface area contributed by atoms with E-state index in [-0.39, 0.29) is 5.92 Å². The molecule has 0 radical (unpaired) electrons. The Bertz CT molecular complexity index is 546. The van der Waals surface area contributed by atoms with Crippen LogP contribution in [-0.2, 0) is 0 Å². The fourth-order valence-corrected chi connectivity index (χ4v) is 2.81. The van der Waals surface area contributed by atoms with Gasteiger partial charge in [0.2, 0.25) is 0 Å². The van der Waals surface area contributed by atoms with Gasteiger partial charge in [-0.3, -0.25) is 0 Å². The third-order valence-electron chi connectivity index (χ3n) is 3.64. The van der Waals surface area contributed by atoms with Crippen LogP contribution < -0.4 is 5.32 Å². The van der Waals surface area contributed by atoms with Crippen molar-refractivity contribution in [3.63, 3.8) is 0 Å². The largest absolute Gasteiger partial charge is 0.457 e. The molecule has 96 valence electrons. The molecule has 1 saturated heterocycles. The molecule has 1 aromatic heterocycles. The van der Waals surface area contributed by atoms with Crippen LogP contribution in [0.4, 0.5) is 0 Å². The number of para-hydroxylation sites is 1. The Hall–Kier alpha value is -1.03. The number of halogens is 1. The number of furan rings is 1. The van der Waals surface area contributed by atoms with Crippen LogP contribution in [-0.4, -0.2) is 18.2 Å². The summed E-state index contributed by atoms with van der Waals surface area (Å²) in [6.45, 7) is 1.92. The minimum atomic E-state index is -0.532. The molecule has 2 heterocycles. The topological polar surface area (TPSA) is 45.4 Å². The molecule has 2 aromatic rings. The lowest BCUT2D eigenvalue weighted by Gasteiger charge is -2.25. The summed E-state index contributed by atoms with van der Waals surface area (Å²) in [7, 11) is 0. The Morgan fingerprint density at radius 3 is 2.83 bits per heavy atom. The minimum absolute atomic E-state index is 0.269. The van der Waals surface area contributed by atoms with Gasteiger partial charge < -0.3 is 14.8 Å². The summed E-state index contributed by atoms with van der Waals surface area (Å²) >= 11 is 6.08. The van der Waals surface area contributed by atoms with Crippen LogP contribution in [0.3, 0.4) is 0 Å². The Balaban J connectivity index is 1.91. The minimum Gasteiger partial charge on any atom is -0.457 e. The maximum absolute atomic E-state index is 10.4. The second-order valence-electron chi connectivity index (χ2n) is 4.84. The maximum Gasteiger partial charge on any atom is 0.152 e. The molecule has 1 aliphatic heterocycles. The molecular weight excluding hydrogens is 250 g/mol. The Labute approximate surface area is 111 Å². The lowest BCUT2D eigenvalue weighted by Crippen LogP contribution is -2.30. The zero-order valence-corrected chi connectivity index (χ0v) is 10.8. The molecule has 18 heavy (non-hydrogen) atoms. The van der Waals surface area contributed by atoms with Gasteiger partial charge in [-0.2, -0.15) is 0 Å². The van der Waals surface area contributed by atoms with Gasteiger partial charge in [0.25, 0.3) is 0 Å². The molecular formula is C14H16ClNO2. The van der Waals surface area contributed by atoms with E-state index in [1.165, 1.54) is 0 Å². The van der Waals surface area contributed by atoms with Crippen molar-refractivity contribution in [3.05, 3.63) is 35.0 Å². The number of fused-ring (bicyclic) bond motifs is 1. The van der Waals surface area contributed by atoms with Crippen molar-refractivity contribution < 1.29 is 9.52 Å². The number of piperidine rings is 1. The van der Waals surface area contributed by atoms with E-state index in [2.05, 4.69) is 5.32 Å². The van der Waals surface area contributed by atoms with E-state index >= 15 is 0 Å². The average molecular weight is 266 g/mol. The van der Waals surface area contributed by atoms with E-state index < -0.39 is 6.10 Å². The van der Waals surface area contributed by atoms with E-state index in [1.54, 1.807) is 6.07 Å². The van der Waals surface area contributed by atoms with Crippen molar-refractivity contribution in [3.8, 4) is 0 Å². The summed E-state index contributed by atoms with van der Waals surface area (Å²) in [6.07, 6.45) is 1.42. The molecule has 3 rings (SSSR count). The van der Waals surface area contributed by atoms with Gasteiger partial charge in [0, 0.05) is 5.39 Å². The molecule has 0 bridgehead atoms. The lowest BCUT2D eigenvalue weighted by atomic mass is 9.91. The predicted octanol–water partition coefficient (Wildman–Crippen LogP) is 3.12. The summed E-state index contributed by atoms with van der Waals surface area (Å²) in [4.78, 5) is 0. The van der Waals surface area contributed by atoms with Gasteiger partial charge in [-0.15, -0.1) is 0 Å². The molecule has 0 aliphatic carbocycles. The third kappa shape index (κ3) is 2.14. The molecule has 0 spiro atoms. The van der Waals surface area contributed by atoms with E-state index in [0.29, 0.717) is 16.4 Å². The van der Waals surface area contributed by atoms with Crippen molar-refractivity contribution in [1.29, 1.82) is 0 Å². The van der Waals surface area contributed by atoms with Crippen molar-refractivity contribution in [2.24, 2.45) is 5.92 Å². The van der Waals surface area contributed by atoms with Crippen molar-refractivity contribution in [2.75, 3.05) is 13.1 Å². The number of benzene rings is 1. The highest BCUT2D eigenvalue weighted by Gasteiger charge is 2.25. The van der Waals surface area contributed by atoms with Crippen LogP contribution >= 0.6 is 11.6 Å². The van der Waals surface area contributed by atoms with E-state index in [0.717, 1.165) is 31.3 Å². The standard InChI is InChI=1S/C14H16ClNO2/c15-11-3-1-2-10-8-12(18-14(10)11)13(17)9-4-6-16-7-5-9/h1-3,8-9,13,16-17H,4-7H2. The first-order valence-corrected chi connectivity index (χ1v) is 6.70. The van der Waals surface area contributed by atoms with Crippen molar-refractivity contribution in [1.82, 2.24) is 5.32 Å². The molecule has 4 heteroatoms. The van der Waals surface area contributed by atoms with Gasteiger partial charge in [-0.25, -0.2) is 0 Å². The summed E-state index contributed by atoms with van der Waals surface area (Å²) in [6, 6.07) is 7.53. The number of hydrogen-bond donors (Lipinski definition) is 2. The molecule has 0 amide bonds. The Morgan fingerprint density at radius 2 is 2.11 bits per heavy atom. The van der Waals surface area contributed by atoms with E-state index in [4.69, 9.17) is 16.0 Å². The molecule has 1 unspecified atom stereocenters. The molecule has 1 fully saturated rings. The van der Waals surface area contributed by atoms with E-state index in [1.807, 2.05) is 18.2 Å². The molecule has 1 aromatic carbocycles. The number of aliphatic hydroxyl groups is 1. The second-order valence-corrected chi connectivity index (χ2v) is 5.25. The first-order chi connectivity index (χ1) is 8.75. The second kappa shape index (κ2) is 4.92. The summed E-state index contributed by atoms with van der Waals surface area (Å²) in [5, 5.41) is 15.2. The molecule has 3 nitrogen and oxygen atoms in total. The fraction of sp³-hybridized carbons (Fsp3) is 0.429. The highest BCUT2D eigenvalue weighted by atomic mass is 35.5. The monoisotopic (exact) mass is 265 g/mol. The smallest absolute Gasteiger partial charge is 0.152 e. The highest BCUT2D eigenvalue weighted by molar-refractivity contribution is 6.34. The predicted molar refractivity (Wildman–Crippen MR) is 71.8 cm³/mol. The van der Waals surface area contributed by atoms with Gasteiger partial charge in [0.1, 0.15) is 11.9 Å². The highest BCUT2D eigenvalue weighted by Crippen LogP contribution is 2.34. The van der Waals surface area contributed by atoms with Crippen molar-refractivity contribution >= 4 is 22.6 Å². The quantitative estimate of drug-likeness (QED) is 0.877. The van der Waals surface area contributed by atoms with Crippen LogP contribution in [0.2, 0.25) is 5.02 Å². The third-order valence-corrected chi connectivity index (χ3v) is 3.93. The van der Waals surface area contributed by atoms with Gasteiger partial charge in [-0.05, 0) is 44.0 Å². The number of rotatable bonds is 2. The SMILES string of the molecule is OC(c1cc2cccc(Cl)c2o1)C1CCNCC1. The van der Waals surface area contributed by atoms with Crippen LogP contribution in [0.1, 0.15) is 24.7 Å². The Morgan fingerprint density at radius 1 is 1.33 bits per heavy atom.